The summed E-state index contributed by atoms with van der Waals surface area (Å²) in [6.07, 6.45) is 7.35. The van der Waals surface area contributed by atoms with E-state index in [0.717, 1.165) is 31.2 Å². The predicted molar refractivity (Wildman–Crippen MR) is 78.1 cm³/mol. The highest BCUT2D eigenvalue weighted by Crippen LogP contribution is 2.37. The monoisotopic (exact) mass is 266 g/mol. The normalized spacial score (nSPS) is 38.2. The first-order chi connectivity index (χ1) is 9.07. The van der Waals surface area contributed by atoms with E-state index in [1.54, 1.807) is 0 Å². The Labute approximate surface area is 117 Å². The SMILES string of the molecule is CC(C)N1CC2CCCC(C1)C2NCC1(O)CCC1. The Bertz CT molecular complexity index is 300. The van der Waals surface area contributed by atoms with Crippen molar-refractivity contribution in [3.8, 4) is 0 Å². The average Bonchev–Trinajstić information content (AvgIpc) is 2.32. The van der Waals surface area contributed by atoms with Gasteiger partial charge in [0.05, 0.1) is 5.60 Å². The van der Waals surface area contributed by atoms with Crippen molar-refractivity contribution in [2.45, 2.75) is 70.1 Å². The molecule has 1 aliphatic heterocycles. The summed E-state index contributed by atoms with van der Waals surface area (Å²) in [6.45, 7) is 7.97. The molecular formula is C16H30N2O. The number of hydrogen-bond donors (Lipinski definition) is 2. The summed E-state index contributed by atoms with van der Waals surface area (Å²) >= 11 is 0. The number of hydrogen-bond acceptors (Lipinski definition) is 3. The van der Waals surface area contributed by atoms with Crippen LogP contribution >= 0.6 is 0 Å². The third-order valence-corrected chi connectivity index (χ3v) is 5.78. The van der Waals surface area contributed by atoms with Gasteiger partial charge in [-0.25, -0.2) is 0 Å². The van der Waals surface area contributed by atoms with Gasteiger partial charge in [-0.05, 0) is 57.8 Å². The molecule has 0 amide bonds. The highest BCUT2D eigenvalue weighted by atomic mass is 16.3. The molecule has 3 aliphatic rings. The lowest BCUT2D eigenvalue weighted by Crippen LogP contribution is -2.60. The van der Waals surface area contributed by atoms with Crippen molar-refractivity contribution < 1.29 is 5.11 Å². The lowest BCUT2D eigenvalue weighted by molar-refractivity contribution is -0.0449. The molecule has 3 heteroatoms. The van der Waals surface area contributed by atoms with Crippen molar-refractivity contribution in [2.24, 2.45) is 11.8 Å². The summed E-state index contributed by atoms with van der Waals surface area (Å²) in [6, 6.07) is 1.34. The molecule has 0 aromatic carbocycles. The van der Waals surface area contributed by atoms with Gasteiger partial charge in [-0.1, -0.05) is 6.42 Å². The molecule has 0 aromatic heterocycles. The Kier molecular flexibility index (Phi) is 3.89. The number of nitrogens with zero attached hydrogens (tertiary/aromatic N) is 1. The molecule has 2 unspecified atom stereocenters. The molecule has 2 atom stereocenters. The molecule has 2 aliphatic carbocycles. The van der Waals surface area contributed by atoms with E-state index in [1.807, 2.05) is 0 Å². The Balaban J connectivity index is 1.59. The number of piperidine rings is 1. The molecule has 0 spiro atoms. The van der Waals surface area contributed by atoms with Gasteiger partial charge >= 0.3 is 0 Å². The average molecular weight is 266 g/mol. The van der Waals surface area contributed by atoms with Gasteiger partial charge in [0.2, 0.25) is 0 Å². The van der Waals surface area contributed by atoms with Gasteiger partial charge in [-0.2, -0.15) is 0 Å². The zero-order valence-electron chi connectivity index (χ0n) is 12.6. The second-order valence-corrected chi connectivity index (χ2v) is 7.48. The topological polar surface area (TPSA) is 35.5 Å². The van der Waals surface area contributed by atoms with E-state index in [2.05, 4.69) is 24.1 Å². The van der Waals surface area contributed by atoms with Crippen LogP contribution in [0.4, 0.5) is 0 Å². The van der Waals surface area contributed by atoms with Gasteiger partial charge in [0.15, 0.2) is 0 Å². The van der Waals surface area contributed by atoms with E-state index in [4.69, 9.17) is 0 Å². The number of aliphatic hydroxyl groups is 1. The van der Waals surface area contributed by atoms with Crippen LogP contribution in [0.2, 0.25) is 0 Å². The largest absolute Gasteiger partial charge is 0.389 e. The molecule has 1 heterocycles. The molecular weight excluding hydrogens is 236 g/mol. The lowest BCUT2D eigenvalue weighted by atomic mass is 9.72. The standard InChI is InChI=1S/C16H30N2O/c1-12(2)18-9-13-5-3-6-14(10-18)15(13)17-11-16(19)7-4-8-16/h12-15,17,19H,3-11H2,1-2H3. The highest BCUT2D eigenvalue weighted by molar-refractivity contribution is 4.98. The van der Waals surface area contributed by atoms with Crippen LogP contribution in [0.3, 0.4) is 0 Å². The van der Waals surface area contributed by atoms with E-state index < -0.39 is 0 Å². The quantitative estimate of drug-likeness (QED) is 0.817. The summed E-state index contributed by atoms with van der Waals surface area (Å²) in [5.41, 5.74) is -0.372. The molecule has 1 saturated heterocycles. The van der Waals surface area contributed by atoms with Crippen molar-refractivity contribution in [3.63, 3.8) is 0 Å². The minimum atomic E-state index is -0.372. The molecule has 3 rings (SSSR count). The minimum Gasteiger partial charge on any atom is -0.389 e. The van der Waals surface area contributed by atoms with Crippen LogP contribution in [0.15, 0.2) is 0 Å². The molecule has 19 heavy (non-hydrogen) atoms. The maximum Gasteiger partial charge on any atom is 0.0771 e. The summed E-state index contributed by atoms with van der Waals surface area (Å²) in [5, 5.41) is 14.0. The molecule has 2 N–H and O–H groups in total. The summed E-state index contributed by atoms with van der Waals surface area (Å²) in [4.78, 5) is 2.66. The van der Waals surface area contributed by atoms with E-state index in [9.17, 15) is 5.11 Å². The van der Waals surface area contributed by atoms with Crippen LogP contribution < -0.4 is 5.32 Å². The third kappa shape index (κ3) is 2.84. The first kappa shape index (κ1) is 13.8. The number of likely N-dealkylation sites (tertiary alicyclic amines) is 1. The van der Waals surface area contributed by atoms with E-state index in [-0.39, 0.29) is 5.60 Å². The Hall–Kier alpha value is -0.120. The molecule has 2 bridgehead atoms. The van der Waals surface area contributed by atoms with Gasteiger partial charge in [0.1, 0.15) is 0 Å². The van der Waals surface area contributed by atoms with E-state index in [0.29, 0.717) is 12.1 Å². The maximum absolute atomic E-state index is 10.3. The van der Waals surface area contributed by atoms with Gasteiger partial charge in [-0.15, -0.1) is 0 Å². The van der Waals surface area contributed by atoms with Crippen molar-refractivity contribution in [1.29, 1.82) is 0 Å². The fourth-order valence-electron chi connectivity index (χ4n) is 4.30. The number of rotatable bonds is 4. The summed E-state index contributed by atoms with van der Waals surface area (Å²) < 4.78 is 0. The van der Waals surface area contributed by atoms with Gasteiger partial charge in [0, 0.05) is 31.7 Å². The first-order valence-electron chi connectivity index (χ1n) is 8.27. The molecule has 3 nitrogen and oxygen atoms in total. The van der Waals surface area contributed by atoms with Crippen LogP contribution in [0.25, 0.3) is 0 Å². The predicted octanol–water partition coefficient (Wildman–Crippen LogP) is 2.00. The third-order valence-electron chi connectivity index (χ3n) is 5.78. The van der Waals surface area contributed by atoms with Crippen LogP contribution in [-0.4, -0.2) is 47.3 Å². The smallest absolute Gasteiger partial charge is 0.0771 e. The Morgan fingerprint density at radius 2 is 1.79 bits per heavy atom. The van der Waals surface area contributed by atoms with Gasteiger partial charge in [0.25, 0.3) is 0 Å². The second kappa shape index (κ2) is 5.34. The second-order valence-electron chi connectivity index (χ2n) is 7.48. The molecule has 0 aromatic rings. The van der Waals surface area contributed by atoms with Crippen LogP contribution in [0, 0.1) is 11.8 Å². The fourth-order valence-corrected chi connectivity index (χ4v) is 4.30. The Morgan fingerprint density at radius 3 is 2.26 bits per heavy atom. The minimum absolute atomic E-state index is 0.372. The number of nitrogens with one attached hydrogen (secondary N) is 1. The Morgan fingerprint density at radius 1 is 1.16 bits per heavy atom. The van der Waals surface area contributed by atoms with E-state index >= 15 is 0 Å². The zero-order chi connectivity index (χ0) is 13.5. The number of fused-ring (bicyclic) bond motifs is 2. The van der Waals surface area contributed by atoms with Crippen LogP contribution in [-0.2, 0) is 0 Å². The van der Waals surface area contributed by atoms with Crippen molar-refractivity contribution in [3.05, 3.63) is 0 Å². The molecule has 0 radical (unpaired) electrons. The highest BCUT2D eigenvalue weighted by Gasteiger charge is 2.42. The summed E-state index contributed by atoms with van der Waals surface area (Å²) in [5.74, 6) is 1.61. The molecule has 3 fully saturated rings. The van der Waals surface area contributed by atoms with Crippen LogP contribution in [0.5, 0.6) is 0 Å². The first-order valence-corrected chi connectivity index (χ1v) is 8.27. The van der Waals surface area contributed by atoms with Crippen molar-refractivity contribution in [1.82, 2.24) is 10.2 Å². The lowest BCUT2D eigenvalue weighted by Gasteiger charge is -2.50. The zero-order valence-corrected chi connectivity index (χ0v) is 12.6. The van der Waals surface area contributed by atoms with Gasteiger partial charge in [-0.3, -0.25) is 0 Å². The van der Waals surface area contributed by atoms with Crippen molar-refractivity contribution in [2.75, 3.05) is 19.6 Å². The van der Waals surface area contributed by atoms with E-state index in [1.165, 1.54) is 38.8 Å². The van der Waals surface area contributed by atoms with Gasteiger partial charge < -0.3 is 15.3 Å². The fraction of sp³-hybridized carbons (Fsp3) is 1.00. The molecule has 2 saturated carbocycles. The molecule has 110 valence electrons. The summed E-state index contributed by atoms with van der Waals surface area (Å²) in [7, 11) is 0. The van der Waals surface area contributed by atoms with Crippen LogP contribution in [0.1, 0.15) is 52.4 Å². The maximum atomic E-state index is 10.3. The van der Waals surface area contributed by atoms with Crippen molar-refractivity contribution >= 4 is 0 Å².